The zero-order chi connectivity index (χ0) is 12.0. The van der Waals surface area contributed by atoms with E-state index in [9.17, 15) is 0 Å². The Labute approximate surface area is 99.2 Å². The number of likely N-dealkylation sites (tertiary alicyclic amines) is 1. The van der Waals surface area contributed by atoms with Crippen molar-refractivity contribution in [3.63, 3.8) is 0 Å². The predicted molar refractivity (Wildman–Crippen MR) is 69.4 cm³/mol. The zero-order valence-corrected chi connectivity index (χ0v) is 10.6. The van der Waals surface area contributed by atoms with Crippen LogP contribution in [0.3, 0.4) is 0 Å². The first-order valence-corrected chi connectivity index (χ1v) is 6.28. The van der Waals surface area contributed by atoms with E-state index >= 15 is 0 Å². The molecule has 3 nitrogen and oxygen atoms in total. The molecule has 1 heterocycles. The van der Waals surface area contributed by atoms with Gasteiger partial charge in [-0.3, -0.25) is 0 Å². The standard InChI is InChI=1S/C13H25N3/c1-3-5-12-6-4-9-16(10-12)13(15)8-7-11(2)14/h7-8,12H,3-6,9-10,14-15H2,1-2H3/b11-7-,13-8+. The SMILES string of the molecule is CCCC1CCCN(/C(N)=C/C=C(/C)N)C1. The lowest BCUT2D eigenvalue weighted by Crippen LogP contribution is -2.37. The summed E-state index contributed by atoms with van der Waals surface area (Å²) < 4.78 is 0. The fourth-order valence-corrected chi connectivity index (χ4v) is 2.27. The van der Waals surface area contributed by atoms with E-state index in [2.05, 4.69) is 11.8 Å². The number of hydrogen-bond acceptors (Lipinski definition) is 3. The van der Waals surface area contributed by atoms with Crippen LogP contribution in [-0.4, -0.2) is 18.0 Å². The van der Waals surface area contributed by atoms with Gasteiger partial charge in [-0.25, -0.2) is 0 Å². The van der Waals surface area contributed by atoms with Gasteiger partial charge in [0.15, 0.2) is 0 Å². The quantitative estimate of drug-likeness (QED) is 0.718. The molecular weight excluding hydrogens is 198 g/mol. The maximum atomic E-state index is 6.04. The summed E-state index contributed by atoms with van der Waals surface area (Å²) >= 11 is 0. The summed E-state index contributed by atoms with van der Waals surface area (Å²) in [6.07, 6.45) is 8.98. The van der Waals surface area contributed by atoms with Crippen molar-refractivity contribution in [2.45, 2.75) is 39.5 Å². The Kier molecular flexibility index (Phi) is 5.23. The summed E-state index contributed by atoms with van der Waals surface area (Å²) in [7, 11) is 0. The van der Waals surface area contributed by atoms with Crippen molar-refractivity contribution in [3.05, 3.63) is 23.7 Å². The van der Waals surface area contributed by atoms with Gasteiger partial charge in [-0.15, -0.1) is 0 Å². The Morgan fingerprint density at radius 3 is 2.75 bits per heavy atom. The molecule has 0 aromatic rings. The molecule has 92 valence electrons. The third kappa shape index (κ3) is 4.17. The number of hydrogen-bond donors (Lipinski definition) is 2. The lowest BCUT2D eigenvalue weighted by Gasteiger charge is -2.34. The molecule has 0 amide bonds. The Hall–Kier alpha value is -1.12. The molecule has 1 fully saturated rings. The summed E-state index contributed by atoms with van der Waals surface area (Å²) in [4.78, 5) is 2.28. The maximum absolute atomic E-state index is 6.04. The summed E-state index contributed by atoms with van der Waals surface area (Å²) in [5, 5.41) is 0. The van der Waals surface area contributed by atoms with E-state index in [0.717, 1.165) is 30.5 Å². The minimum absolute atomic E-state index is 0.796. The van der Waals surface area contributed by atoms with Crippen molar-refractivity contribution >= 4 is 0 Å². The Morgan fingerprint density at radius 1 is 1.38 bits per heavy atom. The molecule has 0 aliphatic carbocycles. The van der Waals surface area contributed by atoms with Crippen LogP contribution in [0.4, 0.5) is 0 Å². The van der Waals surface area contributed by atoms with Gasteiger partial charge in [0, 0.05) is 18.8 Å². The highest BCUT2D eigenvalue weighted by atomic mass is 15.2. The molecule has 3 heteroatoms. The van der Waals surface area contributed by atoms with Crippen molar-refractivity contribution in [2.75, 3.05) is 13.1 Å². The summed E-state index contributed by atoms with van der Waals surface area (Å²) in [6.45, 7) is 6.31. The molecule has 1 aliphatic rings. The number of rotatable bonds is 4. The third-order valence-corrected chi connectivity index (χ3v) is 3.10. The van der Waals surface area contributed by atoms with Crippen LogP contribution in [0.1, 0.15) is 39.5 Å². The van der Waals surface area contributed by atoms with Gasteiger partial charge >= 0.3 is 0 Å². The van der Waals surface area contributed by atoms with Crippen molar-refractivity contribution in [1.29, 1.82) is 0 Å². The van der Waals surface area contributed by atoms with Gasteiger partial charge in [0.1, 0.15) is 0 Å². The minimum atomic E-state index is 0.796. The van der Waals surface area contributed by atoms with E-state index in [-0.39, 0.29) is 0 Å². The summed E-state index contributed by atoms with van der Waals surface area (Å²) in [5.74, 6) is 1.67. The average molecular weight is 223 g/mol. The molecule has 1 atom stereocenters. The van der Waals surface area contributed by atoms with E-state index in [1.54, 1.807) is 0 Å². The second kappa shape index (κ2) is 6.46. The van der Waals surface area contributed by atoms with Crippen LogP contribution in [-0.2, 0) is 0 Å². The highest BCUT2D eigenvalue weighted by Crippen LogP contribution is 2.22. The van der Waals surface area contributed by atoms with Crippen LogP contribution < -0.4 is 11.5 Å². The smallest absolute Gasteiger partial charge is 0.0987 e. The van der Waals surface area contributed by atoms with Crippen LogP contribution in [0.25, 0.3) is 0 Å². The van der Waals surface area contributed by atoms with E-state index in [0.29, 0.717) is 0 Å². The first kappa shape index (κ1) is 12.9. The Morgan fingerprint density at radius 2 is 2.12 bits per heavy atom. The molecule has 0 aromatic heterocycles. The Bertz CT molecular complexity index is 262. The highest BCUT2D eigenvalue weighted by Gasteiger charge is 2.19. The lowest BCUT2D eigenvalue weighted by atomic mass is 9.94. The molecule has 0 spiro atoms. The Balaban J connectivity index is 2.52. The fourth-order valence-electron chi connectivity index (χ4n) is 2.27. The second-order valence-corrected chi connectivity index (χ2v) is 4.75. The molecule has 1 rings (SSSR count). The van der Waals surface area contributed by atoms with Crippen molar-refractivity contribution in [3.8, 4) is 0 Å². The number of piperidine rings is 1. The highest BCUT2D eigenvalue weighted by molar-refractivity contribution is 5.12. The molecule has 1 unspecified atom stereocenters. The number of allylic oxidation sites excluding steroid dienone is 3. The van der Waals surface area contributed by atoms with Crippen molar-refractivity contribution < 1.29 is 0 Å². The van der Waals surface area contributed by atoms with E-state index in [4.69, 9.17) is 11.5 Å². The minimum Gasteiger partial charge on any atom is -0.402 e. The monoisotopic (exact) mass is 223 g/mol. The number of nitrogens with zero attached hydrogens (tertiary/aromatic N) is 1. The molecule has 0 radical (unpaired) electrons. The normalized spacial score (nSPS) is 23.6. The molecule has 0 aromatic carbocycles. The maximum Gasteiger partial charge on any atom is 0.0987 e. The molecule has 1 saturated heterocycles. The lowest BCUT2D eigenvalue weighted by molar-refractivity contribution is 0.206. The van der Waals surface area contributed by atoms with Gasteiger partial charge in [-0.2, -0.15) is 0 Å². The summed E-state index contributed by atoms with van der Waals surface area (Å²) in [5.41, 5.74) is 12.4. The van der Waals surface area contributed by atoms with Crippen molar-refractivity contribution in [2.24, 2.45) is 17.4 Å². The average Bonchev–Trinajstić information content (AvgIpc) is 2.26. The zero-order valence-electron chi connectivity index (χ0n) is 10.6. The topological polar surface area (TPSA) is 55.3 Å². The molecule has 4 N–H and O–H groups in total. The van der Waals surface area contributed by atoms with Crippen LogP contribution in [0, 0.1) is 5.92 Å². The van der Waals surface area contributed by atoms with Gasteiger partial charge in [0.05, 0.1) is 5.82 Å². The molecule has 16 heavy (non-hydrogen) atoms. The first-order valence-electron chi connectivity index (χ1n) is 6.28. The largest absolute Gasteiger partial charge is 0.402 e. The van der Waals surface area contributed by atoms with Gasteiger partial charge in [-0.05, 0) is 44.3 Å². The van der Waals surface area contributed by atoms with Gasteiger partial charge in [-0.1, -0.05) is 13.3 Å². The molecular formula is C13H25N3. The predicted octanol–water partition coefficient (Wildman–Crippen LogP) is 2.16. The van der Waals surface area contributed by atoms with Crippen LogP contribution >= 0.6 is 0 Å². The van der Waals surface area contributed by atoms with Gasteiger partial charge in [0.25, 0.3) is 0 Å². The first-order chi connectivity index (χ1) is 7.63. The third-order valence-electron chi connectivity index (χ3n) is 3.10. The van der Waals surface area contributed by atoms with E-state index in [1.165, 1.54) is 25.7 Å². The van der Waals surface area contributed by atoms with E-state index < -0.39 is 0 Å². The van der Waals surface area contributed by atoms with Gasteiger partial charge in [0.2, 0.25) is 0 Å². The molecule has 0 saturated carbocycles. The van der Waals surface area contributed by atoms with Crippen LogP contribution in [0.15, 0.2) is 23.7 Å². The van der Waals surface area contributed by atoms with Crippen molar-refractivity contribution in [1.82, 2.24) is 4.90 Å². The van der Waals surface area contributed by atoms with E-state index in [1.807, 2.05) is 19.1 Å². The van der Waals surface area contributed by atoms with Crippen LogP contribution in [0.5, 0.6) is 0 Å². The van der Waals surface area contributed by atoms with Crippen LogP contribution in [0.2, 0.25) is 0 Å². The molecule has 0 bridgehead atoms. The summed E-state index contributed by atoms with van der Waals surface area (Å²) in [6, 6.07) is 0. The number of nitrogens with two attached hydrogens (primary N) is 2. The molecule has 1 aliphatic heterocycles. The second-order valence-electron chi connectivity index (χ2n) is 4.75. The van der Waals surface area contributed by atoms with Gasteiger partial charge < -0.3 is 16.4 Å². The fraction of sp³-hybridized carbons (Fsp3) is 0.692.